The molecule has 4 rings (SSSR count). The molecule has 1 aliphatic carbocycles. The summed E-state index contributed by atoms with van der Waals surface area (Å²) in [5.41, 5.74) is 6.29. The number of hydrogen-bond acceptors (Lipinski definition) is 6. The van der Waals surface area contributed by atoms with Gasteiger partial charge in [0.25, 0.3) is 0 Å². The summed E-state index contributed by atoms with van der Waals surface area (Å²) in [4.78, 5) is 14.4. The molecule has 2 aromatic carbocycles. The zero-order chi connectivity index (χ0) is 25.2. The fourth-order valence-electron chi connectivity index (χ4n) is 4.74. The van der Waals surface area contributed by atoms with Gasteiger partial charge in [-0.05, 0) is 28.8 Å². The van der Waals surface area contributed by atoms with Crippen molar-refractivity contribution in [1.29, 1.82) is 15.8 Å². The maximum Gasteiger partial charge on any atom is 0.410 e. The summed E-state index contributed by atoms with van der Waals surface area (Å²) in [6.07, 6.45) is 1.17. The molecule has 2 atom stereocenters. The molecule has 0 fully saturated rings. The monoisotopic (exact) mass is 503 g/mol. The van der Waals surface area contributed by atoms with Crippen molar-refractivity contribution in [2.24, 2.45) is 17.1 Å². The first kappa shape index (κ1) is 24.2. The van der Waals surface area contributed by atoms with Crippen molar-refractivity contribution in [1.82, 2.24) is 4.90 Å². The van der Waals surface area contributed by atoms with E-state index in [0.717, 1.165) is 5.56 Å². The van der Waals surface area contributed by atoms with E-state index in [9.17, 15) is 20.6 Å². The Balaban J connectivity index is 1.76. The molecule has 2 aromatic rings. The summed E-state index contributed by atoms with van der Waals surface area (Å²) >= 11 is 12.6. The molecule has 2 aliphatic rings. The van der Waals surface area contributed by atoms with Crippen LogP contribution in [-0.4, -0.2) is 24.1 Å². The third-order valence-electron chi connectivity index (χ3n) is 6.43. The number of nitriles is 3. The SMILES string of the molecule is N#CC1=C(N)C(C#N)(C#N)[C@@H](c2ccc(Cl)cc2Cl)[C@@H]2CN(C(=O)OCc3ccccc3)CC=C12. The van der Waals surface area contributed by atoms with Crippen molar-refractivity contribution in [3.8, 4) is 18.2 Å². The number of rotatable bonds is 3. The van der Waals surface area contributed by atoms with Gasteiger partial charge in [-0.25, -0.2) is 4.79 Å². The van der Waals surface area contributed by atoms with E-state index in [4.69, 9.17) is 33.7 Å². The third kappa shape index (κ3) is 4.19. The van der Waals surface area contributed by atoms with Crippen molar-refractivity contribution < 1.29 is 9.53 Å². The first-order valence-electron chi connectivity index (χ1n) is 10.7. The van der Waals surface area contributed by atoms with Crippen LogP contribution in [0.3, 0.4) is 0 Å². The fourth-order valence-corrected chi connectivity index (χ4v) is 5.26. The summed E-state index contributed by atoms with van der Waals surface area (Å²) in [6, 6.07) is 20.2. The number of amides is 1. The van der Waals surface area contributed by atoms with E-state index in [0.29, 0.717) is 16.2 Å². The molecular weight excluding hydrogens is 485 g/mol. The van der Waals surface area contributed by atoms with Crippen LogP contribution in [0.25, 0.3) is 0 Å². The summed E-state index contributed by atoms with van der Waals surface area (Å²) < 4.78 is 5.49. The number of hydrogen-bond donors (Lipinski definition) is 1. The minimum absolute atomic E-state index is 0.0803. The van der Waals surface area contributed by atoms with Crippen molar-refractivity contribution >= 4 is 29.3 Å². The van der Waals surface area contributed by atoms with Crippen LogP contribution in [-0.2, 0) is 11.3 Å². The minimum Gasteiger partial charge on any atom is -0.445 e. The summed E-state index contributed by atoms with van der Waals surface area (Å²) in [6.45, 7) is 0.387. The van der Waals surface area contributed by atoms with Gasteiger partial charge >= 0.3 is 6.09 Å². The summed E-state index contributed by atoms with van der Waals surface area (Å²) in [7, 11) is 0. The van der Waals surface area contributed by atoms with Crippen LogP contribution >= 0.6 is 23.2 Å². The molecule has 0 saturated carbocycles. The predicted molar refractivity (Wildman–Crippen MR) is 129 cm³/mol. The number of ether oxygens (including phenoxy) is 1. The summed E-state index contributed by atoms with van der Waals surface area (Å²) in [5, 5.41) is 30.9. The van der Waals surface area contributed by atoms with Crippen molar-refractivity contribution in [3.05, 3.63) is 92.6 Å². The Kier molecular flexibility index (Phi) is 6.72. The zero-order valence-electron chi connectivity index (χ0n) is 18.4. The second-order valence-electron chi connectivity index (χ2n) is 8.29. The largest absolute Gasteiger partial charge is 0.445 e. The van der Waals surface area contributed by atoms with Crippen LogP contribution in [0.4, 0.5) is 4.79 Å². The lowest BCUT2D eigenvalue weighted by molar-refractivity contribution is 0.0898. The maximum atomic E-state index is 12.9. The van der Waals surface area contributed by atoms with Gasteiger partial charge in [0.05, 0.1) is 23.4 Å². The van der Waals surface area contributed by atoms with Gasteiger partial charge in [-0.1, -0.05) is 65.7 Å². The van der Waals surface area contributed by atoms with Crippen LogP contribution < -0.4 is 5.73 Å². The van der Waals surface area contributed by atoms with Gasteiger partial charge in [-0.2, -0.15) is 15.8 Å². The zero-order valence-corrected chi connectivity index (χ0v) is 19.9. The van der Waals surface area contributed by atoms with Crippen molar-refractivity contribution in [3.63, 3.8) is 0 Å². The van der Waals surface area contributed by atoms with Gasteiger partial charge in [0, 0.05) is 35.0 Å². The van der Waals surface area contributed by atoms with Gasteiger partial charge in [0.2, 0.25) is 0 Å². The van der Waals surface area contributed by atoms with Gasteiger partial charge in [0.1, 0.15) is 12.7 Å². The van der Waals surface area contributed by atoms with Gasteiger partial charge < -0.3 is 15.4 Å². The Morgan fingerprint density at radius 2 is 1.86 bits per heavy atom. The van der Waals surface area contributed by atoms with Gasteiger partial charge in [-0.15, -0.1) is 0 Å². The third-order valence-corrected chi connectivity index (χ3v) is 6.99. The molecule has 1 amide bonds. The highest BCUT2D eigenvalue weighted by atomic mass is 35.5. The van der Waals surface area contributed by atoms with E-state index in [2.05, 4.69) is 6.07 Å². The quantitative estimate of drug-likeness (QED) is 0.623. The second kappa shape index (κ2) is 9.72. The molecule has 1 heterocycles. The molecule has 9 heteroatoms. The van der Waals surface area contributed by atoms with Crippen molar-refractivity contribution in [2.75, 3.05) is 13.1 Å². The van der Waals surface area contributed by atoms with Gasteiger partial charge in [0.15, 0.2) is 5.41 Å². The van der Waals surface area contributed by atoms with Crippen LogP contribution in [0.2, 0.25) is 10.0 Å². The van der Waals surface area contributed by atoms with E-state index in [1.807, 2.05) is 42.5 Å². The Hall–Kier alpha value is -3.96. The average molecular weight is 504 g/mol. The molecule has 35 heavy (non-hydrogen) atoms. The first-order chi connectivity index (χ1) is 16.9. The van der Waals surface area contributed by atoms with Gasteiger partial charge in [-0.3, -0.25) is 0 Å². The van der Waals surface area contributed by atoms with E-state index < -0.39 is 23.3 Å². The highest BCUT2D eigenvalue weighted by molar-refractivity contribution is 6.35. The van der Waals surface area contributed by atoms with E-state index in [-0.39, 0.29) is 36.0 Å². The molecule has 0 radical (unpaired) electrons. The molecule has 7 nitrogen and oxygen atoms in total. The molecule has 1 aliphatic heterocycles. The Labute approximate surface area is 212 Å². The molecule has 174 valence electrons. The molecule has 2 N–H and O–H groups in total. The number of halogens is 2. The lowest BCUT2D eigenvalue weighted by atomic mass is 9.58. The Bertz CT molecular complexity index is 1350. The molecule has 0 aromatic heterocycles. The number of carbonyl (C=O) groups excluding carboxylic acids is 1. The predicted octanol–water partition coefficient (Wildman–Crippen LogP) is 5.06. The Morgan fingerprint density at radius 1 is 1.14 bits per heavy atom. The topological polar surface area (TPSA) is 127 Å². The highest BCUT2D eigenvalue weighted by Gasteiger charge is 2.55. The van der Waals surface area contributed by atoms with Crippen LogP contribution in [0.1, 0.15) is 17.0 Å². The normalized spacial score (nSPS) is 20.5. The lowest BCUT2D eigenvalue weighted by Gasteiger charge is -2.45. The fraction of sp³-hybridized carbons (Fsp3) is 0.231. The number of nitrogens with zero attached hydrogens (tertiary/aromatic N) is 4. The molecular formula is C26H19Cl2N5O2. The lowest BCUT2D eigenvalue weighted by Crippen LogP contribution is -2.49. The molecule has 0 saturated heterocycles. The number of fused-ring (bicyclic) bond motifs is 1. The molecule has 0 spiro atoms. The smallest absolute Gasteiger partial charge is 0.410 e. The van der Waals surface area contributed by atoms with E-state index in [1.165, 1.54) is 11.0 Å². The Morgan fingerprint density at radius 3 is 2.49 bits per heavy atom. The highest BCUT2D eigenvalue weighted by Crippen LogP contribution is 2.55. The van der Waals surface area contributed by atoms with E-state index in [1.54, 1.807) is 18.2 Å². The first-order valence-corrected chi connectivity index (χ1v) is 11.5. The second-order valence-corrected chi connectivity index (χ2v) is 9.13. The van der Waals surface area contributed by atoms with Crippen LogP contribution in [0.15, 0.2) is 71.5 Å². The average Bonchev–Trinajstić information content (AvgIpc) is 2.87. The standard InChI is InChI=1S/C26H19Cl2N5O2/c27-17-6-7-19(22(28)10-17)23-21-12-33(25(34)35-13-16-4-2-1-3-5-16)9-8-18(21)20(11-29)24(32)26(23,14-30)15-31/h1-8,10,21,23H,9,12-13,32H2/t21-,23+/m1/s1. The van der Waals surface area contributed by atoms with E-state index >= 15 is 0 Å². The number of benzene rings is 2. The van der Waals surface area contributed by atoms with Crippen LogP contribution in [0.5, 0.6) is 0 Å². The summed E-state index contributed by atoms with van der Waals surface area (Å²) in [5.74, 6) is -1.46. The maximum absolute atomic E-state index is 12.9. The van der Waals surface area contributed by atoms with Crippen LogP contribution in [0, 0.1) is 45.3 Å². The number of carbonyl (C=O) groups is 1. The number of nitrogens with two attached hydrogens (primary N) is 1. The molecule has 0 unspecified atom stereocenters. The molecule has 0 bridgehead atoms. The minimum atomic E-state index is -1.87. The number of allylic oxidation sites excluding steroid dienone is 2. The van der Waals surface area contributed by atoms with Crippen molar-refractivity contribution in [2.45, 2.75) is 12.5 Å².